The predicted octanol–water partition coefficient (Wildman–Crippen LogP) is 3.56. The van der Waals surface area contributed by atoms with Gasteiger partial charge in [0, 0.05) is 37.5 Å². The van der Waals surface area contributed by atoms with Crippen LogP contribution >= 0.6 is 0 Å². The Bertz CT molecular complexity index is 1180. The highest BCUT2D eigenvalue weighted by atomic mass is 16.5. The highest BCUT2D eigenvalue weighted by molar-refractivity contribution is 6.03. The predicted molar refractivity (Wildman–Crippen MR) is 157 cm³/mol. The molecule has 5 atom stereocenters. The molecular weight excluding hydrogens is 522 g/mol. The smallest absolute Gasteiger partial charge is 0.249 e. The second-order valence-corrected chi connectivity index (χ2v) is 12.4. The van der Waals surface area contributed by atoms with Crippen LogP contribution in [0.25, 0.3) is 0 Å². The van der Waals surface area contributed by atoms with Gasteiger partial charge in [0.1, 0.15) is 17.4 Å². The molecule has 3 heterocycles. The first kappa shape index (κ1) is 30.8. The van der Waals surface area contributed by atoms with Gasteiger partial charge >= 0.3 is 0 Å². The average Bonchev–Trinajstić information content (AvgIpc) is 3.49. The number of anilines is 1. The molecule has 3 saturated heterocycles. The number of amides is 3. The molecule has 41 heavy (non-hydrogen) atoms. The Kier molecular flexibility index (Phi) is 8.71. The summed E-state index contributed by atoms with van der Waals surface area (Å²) in [6.45, 7) is 18.5. The summed E-state index contributed by atoms with van der Waals surface area (Å²) in [5.74, 6) is -1.62. The van der Waals surface area contributed by atoms with Gasteiger partial charge in [-0.1, -0.05) is 12.2 Å². The molecule has 3 aliphatic heterocycles. The molecule has 0 saturated carbocycles. The minimum atomic E-state index is -1.14. The fraction of sp³-hybridized carbons (Fsp3) is 0.594. The number of likely N-dealkylation sites (tertiary alicyclic amines) is 1. The van der Waals surface area contributed by atoms with Crippen molar-refractivity contribution in [3.63, 3.8) is 0 Å². The molecule has 4 rings (SSSR count). The molecule has 0 aliphatic carbocycles. The van der Waals surface area contributed by atoms with E-state index in [9.17, 15) is 19.5 Å². The van der Waals surface area contributed by atoms with E-state index in [1.165, 1.54) is 0 Å². The Labute approximate surface area is 243 Å². The lowest BCUT2D eigenvalue weighted by Crippen LogP contribution is -2.60. The third-order valence-corrected chi connectivity index (χ3v) is 8.76. The summed E-state index contributed by atoms with van der Waals surface area (Å²) >= 11 is 0. The van der Waals surface area contributed by atoms with Crippen LogP contribution in [0, 0.1) is 11.8 Å². The Morgan fingerprint density at radius 3 is 2.37 bits per heavy atom. The van der Waals surface area contributed by atoms with Crippen molar-refractivity contribution in [1.82, 2.24) is 9.80 Å². The highest BCUT2D eigenvalue weighted by Crippen LogP contribution is 2.63. The summed E-state index contributed by atoms with van der Waals surface area (Å²) in [6, 6.07) is 6.38. The molecule has 2 bridgehead atoms. The van der Waals surface area contributed by atoms with Crippen molar-refractivity contribution in [3.8, 4) is 5.75 Å². The van der Waals surface area contributed by atoms with Crippen molar-refractivity contribution >= 4 is 23.4 Å². The summed E-state index contributed by atoms with van der Waals surface area (Å²) < 4.78 is 12.4. The summed E-state index contributed by atoms with van der Waals surface area (Å²) in [5, 5.41) is 9.63. The summed E-state index contributed by atoms with van der Waals surface area (Å²) in [6.07, 6.45) is 4.70. The van der Waals surface area contributed by atoms with Gasteiger partial charge in [-0.2, -0.15) is 0 Å². The standard InChI is InChI=1S/C32H45N3O6/c1-8-18-33(22-12-14-23(15-13-22)40-10-3)27(37)24-25-28(38)34(20-11-21-36)26(32(25)17-16-31(24,7)41-32)29(39)35(19-9-2)30(4,5)6/h8-9,12-15,24-26,36H,1-2,10-11,16-21H2,3-7H3/t24-,25+,26?,31+,32?/m1/s1. The van der Waals surface area contributed by atoms with Crippen molar-refractivity contribution in [3.05, 3.63) is 49.6 Å². The van der Waals surface area contributed by atoms with Crippen LogP contribution in [0.1, 0.15) is 53.9 Å². The maximum atomic E-state index is 14.5. The van der Waals surface area contributed by atoms with Gasteiger partial charge in [0.15, 0.2) is 0 Å². The number of hydrogen-bond donors (Lipinski definition) is 1. The average molecular weight is 568 g/mol. The number of aliphatic hydroxyl groups excluding tert-OH is 1. The second-order valence-electron chi connectivity index (χ2n) is 12.4. The molecule has 3 aliphatic rings. The van der Waals surface area contributed by atoms with Crippen LogP contribution in [-0.4, -0.2) is 88.3 Å². The molecule has 1 aromatic carbocycles. The van der Waals surface area contributed by atoms with Crippen LogP contribution in [0.4, 0.5) is 5.69 Å². The van der Waals surface area contributed by atoms with E-state index in [1.807, 2.05) is 58.9 Å². The molecule has 9 heteroatoms. The van der Waals surface area contributed by atoms with Gasteiger partial charge < -0.3 is 29.3 Å². The Balaban J connectivity index is 1.77. The van der Waals surface area contributed by atoms with Crippen LogP contribution in [0.2, 0.25) is 0 Å². The van der Waals surface area contributed by atoms with Gasteiger partial charge in [-0.15, -0.1) is 13.2 Å². The monoisotopic (exact) mass is 567 g/mol. The van der Waals surface area contributed by atoms with Gasteiger partial charge in [0.2, 0.25) is 17.7 Å². The van der Waals surface area contributed by atoms with Crippen LogP contribution in [0.15, 0.2) is 49.6 Å². The van der Waals surface area contributed by atoms with E-state index in [-0.39, 0.29) is 37.4 Å². The van der Waals surface area contributed by atoms with Gasteiger partial charge in [0.05, 0.1) is 24.0 Å². The topological polar surface area (TPSA) is 99.6 Å². The molecule has 9 nitrogen and oxygen atoms in total. The van der Waals surface area contributed by atoms with Crippen molar-refractivity contribution in [2.45, 2.75) is 76.7 Å². The minimum Gasteiger partial charge on any atom is -0.494 e. The number of carbonyl (C=O) groups excluding carboxylic acids is 3. The van der Waals surface area contributed by atoms with E-state index < -0.39 is 34.6 Å². The van der Waals surface area contributed by atoms with Crippen molar-refractivity contribution in [1.29, 1.82) is 0 Å². The van der Waals surface area contributed by atoms with Gasteiger partial charge in [-0.3, -0.25) is 14.4 Å². The first-order valence-electron chi connectivity index (χ1n) is 14.6. The first-order valence-corrected chi connectivity index (χ1v) is 14.6. The molecule has 1 spiro atoms. The minimum absolute atomic E-state index is 0.121. The Morgan fingerprint density at radius 2 is 1.80 bits per heavy atom. The Hall–Kier alpha value is -3.17. The van der Waals surface area contributed by atoms with E-state index in [1.54, 1.807) is 26.9 Å². The number of rotatable bonds is 12. The van der Waals surface area contributed by atoms with Crippen LogP contribution < -0.4 is 9.64 Å². The fourth-order valence-electron chi connectivity index (χ4n) is 7.04. The molecule has 3 amide bonds. The van der Waals surface area contributed by atoms with Gasteiger partial charge in [-0.05, 0) is 78.1 Å². The normalized spacial score (nSPS) is 28.4. The summed E-state index contributed by atoms with van der Waals surface area (Å²) in [5.41, 5.74) is -1.91. The summed E-state index contributed by atoms with van der Waals surface area (Å²) in [4.78, 5) is 48.0. The molecule has 3 fully saturated rings. The quantitative estimate of drug-likeness (QED) is 0.388. The lowest BCUT2D eigenvalue weighted by molar-refractivity contribution is -0.154. The molecule has 224 valence electrons. The van der Waals surface area contributed by atoms with Crippen molar-refractivity contribution in [2.24, 2.45) is 11.8 Å². The molecule has 1 aromatic rings. The maximum Gasteiger partial charge on any atom is 0.249 e. The SMILES string of the molecule is C=CCN(C(=O)[C@H]1[C@H]2C(=O)N(CCCO)C(C(=O)N(CC=C)C(C)(C)C)C23CC[C@]1(C)O3)c1ccc(OCC)cc1. The number of fused-ring (bicyclic) bond motifs is 1. The zero-order valence-corrected chi connectivity index (χ0v) is 25.1. The lowest BCUT2D eigenvalue weighted by atomic mass is 9.66. The Morgan fingerprint density at radius 1 is 1.15 bits per heavy atom. The number of benzene rings is 1. The second kappa shape index (κ2) is 11.6. The molecule has 0 radical (unpaired) electrons. The molecule has 2 unspecified atom stereocenters. The number of ether oxygens (including phenoxy) is 2. The van der Waals surface area contributed by atoms with E-state index in [0.717, 1.165) is 0 Å². The van der Waals surface area contributed by atoms with Gasteiger partial charge in [-0.25, -0.2) is 0 Å². The highest BCUT2D eigenvalue weighted by Gasteiger charge is 2.78. The van der Waals surface area contributed by atoms with Crippen molar-refractivity contribution < 1.29 is 29.0 Å². The van der Waals surface area contributed by atoms with E-state index in [2.05, 4.69) is 13.2 Å². The van der Waals surface area contributed by atoms with E-state index >= 15 is 0 Å². The zero-order chi connectivity index (χ0) is 30.2. The van der Waals surface area contributed by atoms with Crippen LogP contribution in [0.3, 0.4) is 0 Å². The maximum absolute atomic E-state index is 14.5. The van der Waals surface area contributed by atoms with E-state index in [4.69, 9.17) is 9.47 Å². The van der Waals surface area contributed by atoms with Crippen molar-refractivity contribution in [2.75, 3.05) is 37.7 Å². The largest absolute Gasteiger partial charge is 0.494 e. The first-order chi connectivity index (χ1) is 19.4. The third-order valence-electron chi connectivity index (χ3n) is 8.76. The number of hydrogen-bond acceptors (Lipinski definition) is 6. The lowest BCUT2D eigenvalue weighted by Gasteiger charge is -2.42. The molecular formula is C32H45N3O6. The van der Waals surface area contributed by atoms with Crippen LogP contribution in [0.5, 0.6) is 5.75 Å². The third kappa shape index (κ3) is 5.18. The number of nitrogens with zero attached hydrogens (tertiary/aromatic N) is 3. The molecule has 1 N–H and O–H groups in total. The molecule has 0 aromatic heterocycles. The number of carbonyl (C=O) groups is 3. The van der Waals surface area contributed by atoms with E-state index in [0.29, 0.717) is 43.9 Å². The fourth-order valence-corrected chi connectivity index (χ4v) is 7.04. The summed E-state index contributed by atoms with van der Waals surface area (Å²) in [7, 11) is 0. The van der Waals surface area contributed by atoms with Crippen LogP contribution in [-0.2, 0) is 19.1 Å². The number of aliphatic hydroxyl groups is 1. The zero-order valence-electron chi connectivity index (χ0n) is 25.1. The van der Waals surface area contributed by atoms with Gasteiger partial charge in [0.25, 0.3) is 0 Å².